The van der Waals surface area contributed by atoms with E-state index in [9.17, 15) is 4.79 Å². The molecule has 6 nitrogen and oxygen atoms in total. The molecule has 0 fully saturated rings. The number of ether oxygens (including phenoxy) is 1. The minimum atomic E-state index is -0.157. The fourth-order valence-electron chi connectivity index (χ4n) is 3.67. The Morgan fingerprint density at radius 2 is 1.88 bits per heavy atom. The highest BCUT2D eigenvalue weighted by atomic mass is 32.1. The van der Waals surface area contributed by atoms with E-state index in [2.05, 4.69) is 48.6 Å². The van der Waals surface area contributed by atoms with Gasteiger partial charge in [0.15, 0.2) is 6.61 Å². The lowest BCUT2D eigenvalue weighted by atomic mass is 10.1. The molecule has 0 atom stereocenters. The molecule has 34 heavy (non-hydrogen) atoms. The summed E-state index contributed by atoms with van der Waals surface area (Å²) < 4.78 is 7.37. The molecule has 0 radical (unpaired) electrons. The number of aryl methyl sites for hydroxylation is 1. The molecule has 170 valence electrons. The van der Waals surface area contributed by atoms with Gasteiger partial charge in [0.25, 0.3) is 5.91 Å². The molecule has 1 amide bonds. The van der Waals surface area contributed by atoms with Crippen LogP contribution >= 0.6 is 11.3 Å². The molecule has 1 aromatic heterocycles. The van der Waals surface area contributed by atoms with E-state index in [4.69, 9.17) is 14.8 Å². The number of carbonyl (C=O) groups is 1. The zero-order chi connectivity index (χ0) is 23.3. The van der Waals surface area contributed by atoms with Gasteiger partial charge in [0.05, 0.1) is 24.1 Å². The van der Waals surface area contributed by atoms with Crippen LogP contribution in [0.1, 0.15) is 23.6 Å². The van der Waals surface area contributed by atoms with Gasteiger partial charge in [-0.3, -0.25) is 9.79 Å². The molecule has 1 aliphatic heterocycles. The van der Waals surface area contributed by atoms with Crippen molar-refractivity contribution in [2.45, 2.75) is 19.9 Å². The Kier molecular flexibility index (Phi) is 6.35. The Bertz CT molecular complexity index is 1400. The second-order valence-corrected chi connectivity index (χ2v) is 8.74. The van der Waals surface area contributed by atoms with Crippen molar-refractivity contribution in [2.24, 2.45) is 10.1 Å². The molecule has 3 aromatic carbocycles. The fraction of sp³-hybridized carbons (Fsp3) is 0.148. The smallest absolute Gasteiger partial charge is 0.262 e. The van der Waals surface area contributed by atoms with Crippen LogP contribution in [0.5, 0.6) is 5.75 Å². The first kappa shape index (κ1) is 21.9. The first-order chi connectivity index (χ1) is 16.7. The summed E-state index contributed by atoms with van der Waals surface area (Å²) >= 11 is 1.53. The predicted octanol–water partition coefficient (Wildman–Crippen LogP) is 5.09. The lowest BCUT2D eigenvalue weighted by Gasteiger charge is -2.18. The third kappa shape index (κ3) is 4.84. The number of amides is 1. The average Bonchev–Trinajstić information content (AvgIpc) is 3.29. The maximum atomic E-state index is 11.8. The van der Waals surface area contributed by atoms with Crippen LogP contribution in [0.15, 0.2) is 88.3 Å². The summed E-state index contributed by atoms with van der Waals surface area (Å²) in [6.45, 7) is 2.74. The molecule has 1 N–H and O–H groups in total. The van der Waals surface area contributed by atoms with Crippen molar-refractivity contribution in [1.82, 2.24) is 4.68 Å². The molecule has 5 rings (SSSR count). The fourth-order valence-corrected chi connectivity index (χ4v) is 4.50. The van der Waals surface area contributed by atoms with Gasteiger partial charge in [-0.1, -0.05) is 61.5 Å². The van der Waals surface area contributed by atoms with Gasteiger partial charge in [-0.25, -0.2) is 4.68 Å². The van der Waals surface area contributed by atoms with Crippen molar-refractivity contribution in [1.29, 1.82) is 0 Å². The van der Waals surface area contributed by atoms with Crippen LogP contribution in [-0.4, -0.2) is 23.4 Å². The molecule has 0 saturated heterocycles. The summed E-state index contributed by atoms with van der Waals surface area (Å²) in [5.74, 6) is 0.508. The Morgan fingerprint density at radius 1 is 1.06 bits per heavy atom. The van der Waals surface area contributed by atoms with Gasteiger partial charge in [0.1, 0.15) is 5.75 Å². The maximum absolute atomic E-state index is 11.8. The molecule has 0 aliphatic carbocycles. The van der Waals surface area contributed by atoms with Gasteiger partial charge in [-0.05, 0) is 41.3 Å². The topological polar surface area (TPSA) is 68.0 Å². The molecule has 7 heteroatoms. The van der Waals surface area contributed by atoms with Crippen LogP contribution < -0.4 is 14.9 Å². The molecule has 0 spiro atoms. The summed E-state index contributed by atoms with van der Waals surface area (Å²) in [6, 6.07) is 24.3. The molecule has 1 aliphatic rings. The van der Waals surface area contributed by atoms with Crippen LogP contribution in [0.25, 0.3) is 11.3 Å². The van der Waals surface area contributed by atoms with E-state index < -0.39 is 0 Å². The largest absolute Gasteiger partial charge is 0.482 e. The van der Waals surface area contributed by atoms with Crippen molar-refractivity contribution in [2.75, 3.05) is 11.9 Å². The first-order valence-electron chi connectivity index (χ1n) is 11.1. The highest BCUT2D eigenvalue weighted by Gasteiger charge is 2.17. The van der Waals surface area contributed by atoms with Gasteiger partial charge in [0.2, 0.25) is 4.80 Å². The number of thiazole rings is 1. The molecular weight excluding hydrogens is 444 g/mol. The number of aromatic nitrogens is 1. The van der Waals surface area contributed by atoms with Crippen molar-refractivity contribution in [3.63, 3.8) is 0 Å². The van der Waals surface area contributed by atoms with Gasteiger partial charge in [-0.2, -0.15) is 5.10 Å². The van der Waals surface area contributed by atoms with E-state index in [-0.39, 0.29) is 12.5 Å². The lowest BCUT2D eigenvalue weighted by Crippen LogP contribution is -2.25. The summed E-state index contributed by atoms with van der Waals surface area (Å²) in [5, 5.41) is 9.71. The Morgan fingerprint density at radius 3 is 2.68 bits per heavy atom. The molecule has 4 aromatic rings. The SMILES string of the molecule is CCc1ccc(C=Nn2c(-c3ccc4c(c3)NC(=O)CO4)csc2=NCc2ccccc2)cc1. The Labute approximate surface area is 201 Å². The van der Waals surface area contributed by atoms with Crippen molar-refractivity contribution in [3.05, 3.63) is 99.7 Å². The van der Waals surface area contributed by atoms with Crippen LogP contribution in [0.3, 0.4) is 0 Å². The Hall–Kier alpha value is -3.97. The zero-order valence-electron chi connectivity index (χ0n) is 18.8. The van der Waals surface area contributed by atoms with E-state index in [0.29, 0.717) is 18.0 Å². The second-order valence-electron chi connectivity index (χ2n) is 7.90. The summed E-state index contributed by atoms with van der Waals surface area (Å²) in [7, 11) is 0. The van der Waals surface area contributed by atoms with Gasteiger partial charge in [0, 0.05) is 10.9 Å². The van der Waals surface area contributed by atoms with E-state index in [1.54, 1.807) is 0 Å². The number of nitrogens with one attached hydrogen (secondary N) is 1. The van der Waals surface area contributed by atoms with Crippen LogP contribution in [0.4, 0.5) is 5.69 Å². The van der Waals surface area contributed by atoms with E-state index in [1.165, 1.54) is 16.9 Å². The monoisotopic (exact) mass is 468 g/mol. The third-order valence-electron chi connectivity index (χ3n) is 5.54. The third-order valence-corrected chi connectivity index (χ3v) is 6.40. The quantitative estimate of drug-likeness (QED) is 0.401. The zero-order valence-corrected chi connectivity index (χ0v) is 19.6. The van der Waals surface area contributed by atoms with Crippen molar-refractivity contribution < 1.29 is 9.53 Å². The minimum Gasteiger partial charge on any atom is -0.482 e. The number of carbonyl (C=O) groups excluding carboxylic acids is 1. The number of rotatable bonds is 6. The van der Waals surface area contributed by atoms with E-state index in [1.807, 2.05) is 52.7 Å². The number of nitrogens with zero attached hydrogens (tertiary/aromatic N) is 3. The Balaban J connectivity index is 1.54. The van der Waals surface area contributed by atoms with E-state index >= 15 is 0 Å². The van der Waals surface area contributed by atoms with Crippen LogP contribution in [0.2, 0.25) is 0 Å². The maximum Gasteiger partial charge on any atom is 0.262 e. The minimum absolute atomic E-state index is 0.0361. The number of hydrogen-bond donors (Lipinski definition) is 1. The normalized spacial score (nSPS) is 13.6. The second kappa shape index (κ2) is 9.89. The summed E-state index contributed by atoms with van der Waals surface area (Å²) in [4.78, 5) is 17.4. The molecular formula is C27H24N4O2S. The lowest BCUT2D eigenvalue weighted by molar-refractivity contribution is -0.118. The molecule has 0 bridgehead atoms. The molecule has 2 heterocycles. The van der Waals surface area contributed by atoms with E-state index in [0.717, 1.165) is 33.6 Å². The number of hydrogen-bond acceptors (Lipinski definition) is 5. The van der Waals surface area contributed by atoms with Crippen LogP contribution in [-0.2, 0) is 17.8 Å². The van der Waals surface area contributed by atoms with Crippen LogP contribution in [0, 0.1) is 0 Å². The predicted molar refractivity (Wildman–Crippen MR) is 136 cm³/mol. The number of benzene rings is 3. The standard InChI is InChI=1S/C27H24N4O2S/c1-2-19-8-10-21(11-9-19)16-29-31-24(18-34-27(31)28-15-20-6-4-3-5-7-20)22-12-13-25-23(14-22)30-26(32)17-33-25/h3-14,16,18H,2,15,17H2,1H3,(H,30,32). The number of anilines is 1. The number of fused-ring (bicyclic) bond motifs is 1. The van der Waals surface area contributed by atoms with Crippen molar-refractivity contribution >= 4 is 29.1 Å². The highest BCUT2D eigenvalue weighted by molar-refractivity contribution is 7.07. The average molecular weight is 469 g/mol. The summed E-state index contributed by atoms with van der Waals surface area (Å²) in [6.07, 6.45) is 2.85. The molecule has 0 saturated carbocycles. The molecule has 0 unspecified atom stereocenters. The first-order valence-corrected chi connectivity index (χ1v) is 12.0. The van der Waals surface area contributed by atoms with Gasteiger partial charge < -0.3 is 10.1 Å². The summed E-state index contributed by atoms with van der Waals surface area (Å²) in [5.41, 5.74) is 5.91. The van der Waals surface area contributed by atoms with Gasteiger partial charge >= 0.3 is 0 Å². The van der Waals surface area contributed by atoms with Gasteiger partial charge in [-0.15, -0.1) is 11.3 Å². The highest BCUT2D eigenvalue weighted by Crippen LogP contribution is 2.32. The van der Waals surface area contributed by atoms with Crippen molar-refractivity contribution in [3.8, 4) is 17.0 Å².